The highest BCUT2D eigenvalue weighted by molar-refractivity contribution is 5.94. The number of carbonyl (C=O) groups is 1. The molecule has 4 heteroatoms. The highest BCUT2D eigenvalue weighted by atomic mass is 19.1. The van der Waals surface area contributed by atoms with Crippen molar-refractivity contribution in [3.8, 4) is 0 Å². The minimum absolute atomic E-state index is 0.197. The van der Waals surface area contributed by atoms with E-state index < -0.39 is 12.1 Å². The first kappa shape index (κ1) is 9.71. The number of hydrogen-bond donors (Lipinski definition) is 2. The number of aromatic nitrogens is 1. The van der Waals surface area contributed by atoms with Crippen molar-refractivity contribution in [3.63, 3.8) is 0 Å². The molecule has 0 spiro atoms. The lowest BCUT2D eigenvalue weighted by Gasteiger charge is -1.99. The van der Waals surface area contributed by atoms with Gasteiger partial charge < -0.3 is 10.1 Å². The number of alkyl halides is 1. The molecule has 15 heavy (non-hydrogen) atoms. The van der Waals surface area contributed by atoms with Crippen LogP contribution in [0.25, 0.3) is 10.9 Å². The van der Waals surface area contributed by atoms with E-state index >= 15 is 0 Å². The lowest BCUT2D eigenvalue weighted by atomic mass is 10.1. The van der Waals surface area contributed by atoms with Gasteiger partial charge in [-0.25, -0.2) is 9.18 Å². The molecule has 3 nitrogen and oxygen atoms in total. The Hall–Kier alpha value is -1.84. The number of carboxylic acids is 1. The van der Waals surface area contributed by atoms with Crippen LogP contribution in [-0.4, -0.2) is 16.1 Å². The van der Waals surface area contributed by atoms with E-state index in [4.69, 9.17) is 5.11 Å². The largest absolute Gasteiger partial charge is 0.478 e. The molecule has 0 fully saturated rings. The molecule has 0 aliphatic heterocycles. The van der Waals surface area contributed by atoms with Gasteiger partial charge in [-0.2, -0.15) is 0 Å². The predicted molar refractivity (Wildman–Crippen MR) is 54.8 cm³/mol. The maximum atomic E-state index is 13.1. The molecule has 1 heterocycles. The third-order valence-electron chi connectivity index (χ3n) is 2.39. The maximum absolute atomic E-state index is 13.1. The summed E-state index contributed by atoms with van der Waals surface area (Å²) in [6.07, 6.45) is 0.510. The van der Waals surface area contributed by atoms with Crippen LogP contribution in [0, 0.1) is 0 Å². The molecule has 1 atom stereocenters. The van der Waals surface area contributed by atoms with Gasteiger partial charge in [0.2, 0.25) is 0 Å². The van der Waals surface area contributed by atoms with Crippen LogP contribution < -0.4 is 0 Å². The standard InChI is InChI=1S/C11H10FNO2/c1-6(12)9-5-13-10-4-7(11(14)15)2-3-8(9)10/h2-6,13H,1H3,(H,14,15). The van der Waals surface area contributed by atoms with Crippen molar-refractivity contribution in [2.24, 2.45) is 0 Å². The second-order valence-corrected chi connectivity index (χ2v) is 3.43. The summed E-state index contributed by atoms with van der Waals surface area (Å²) in [5.41, 5.74) is 1.40. The van der Waals surface area contributed by atoms with Crippen LogP contribution in [-0.2, 0) is 0 Å². The second kappa shape index (κ2) is 3.38. The molecular formula is C11H10FNO2. The van der Waals surface area contributed by atoms with Gasteiger partial charge >= 0.3 is 5.97 Å². The lowest BCUT2D eigenvalue weighted by molar-refractivity contribution is 0.0697. The summed E-state index contributed by atoms with van der Waals surface area (Å²) in [5.74, 6) is -0.985. The number of aromatic carboxylic acids is 1. The quantitative estimate of drug-likeness (QED) is 0.795. The average molecular weight is 207 g/mol. The van der Waals surface area contributed by atoms with E-state index in [1.807, 2.05) is 0 Å². The first-order chi connectivity index (χ1) is 7.09. The number of nitrogens with one attached hydrogen (secondary N) is 1. The number of benzene rings is 1. The molecule has 0 bridgehead atoms. The van der Waals surface area contributed by atoms with Crippen LogP contribution in [0.5, 0.6) is 0 Å². The lowest BCUT2D eigenvalue weighted by Crippen LogP contribution is -1.95. The van der Waals surface area contributed by atoms with Gasteiger partial charge in [0.05, 0.1) is 5.56 Å². The first-order valence-corrected chi connectivity index (χ1v) is 4.58. The topological polar surface area (TPSA) is 53.1 Å². The fourth-order valence-electron chi connectivity index (χ4n) is 1.61. The van der Waals surface area contributed by atoms with Crippen LogP contribution in [0.4, 0.5) is 4.39 Å². The Morgan fingerprint density at radius 1 is 1.53 bits per heavy atom. The molecule has 2 rings (SSSR count). The fourth-order valence-corrected chi connectivity index (χ4v) is 1.61. The molecule has 0 aliphatic rings. The van der Waals surface area contributed by atoms with Crippen LogP contribution in [0.1, 0.15) is 29.0 Å². The van der Waals surface area contributed by atoms with Crippen LogP contribution in [0.15, 0.2) is 24.4 Å². The van der Waals surface area contributed by atoms with Gasteiger partial charge in [0.25, 0.3) is 0 Å². The summed E-state index contributed by atoms with van der Waals surface area (Å²) in [7, 11) is 0. The monoisotopic (exact) mass is 207 g/mol. The van der Waals surface area contributed by atoms with Crippen molar-refractivity contribution in [3.05, 3.63) is 35.5 Å². The zero-order valence-electron chi connectivity index (χ0n) is 8.12. The smallest absolute Gasteiger partial charge is 0.335 e. The minimum atomic E-state index is -1.06. The summed E-state index contributed by atoms with van der Waals surface area (Å²) >= 11 is 0. The third kappa shape index (κ3) is 1.58. The molecule has 0 radical (unpaired) electrons. The average Bonchev–Trinajstić information content (AvgIpc) is 2.59. The normalized spacial score (nSPS) is 12.9. The van der Waals surface area contributed by atoms with E-state index in [1.54, 1.807) is 12.3 Å². The molecule has 2 aromatic rings. The van der Waals surface area contributed by atoms with Gasteiger partial charge in [0.15, 0.2) is 0 Å². The zero-order valence-corrected chi connectivity index (χ0v) is 8.12. The molecule has 1 aromatic carbocycles. The third-order valence-corrected chi connectivity index (χ3v) is 2.39. The Morgan fingerprint density at radius 3 is 2.87 bits per heavy atom. The van der Waals surface area contributed by atoms with Crippen molar-refractivity contribution < 1.29 is 14.3 Å². The number of carboxylic acid groups (broad SMARTS) is 1. The predicted octanol–water partition coefficient (Wildman–Crippen LogP) is 2.90. The van der Waals surface area contributed by atoms with E-state index in [-0.39, 0.29) is 5.56 Å². The van der Waals surface area contributed by atoms with E-state index in [0.29, 0.717) is 11.1 Å². The summed E-state index contributed by atoms with van der Waals surface area (Å²) in [5, 5.41) is 9.50. The van der Waals surface area contributed by atoms with Crippen molar-refractivity contribution in [1.82, 2.24) is 4.98 Å². The first-order valence-electron chi connectivity index (χ1n) is 4.58. The Bertz CT molecular complexity index is 516. The van der Waals surface area contributed by atoms with Crippen LogP contribution in [0.3, 0.4) is 0 Å². The van der Waals surface area contributed by atoms with Gasteiger partial charge in [0, 0.05) is 22.7 Å². The number of rotatable bonds is 2. The number of H-pyrrole nitrogens is 1. The van der Waals surface area contributed by atoms with E-state index in [0.717, 1.165) is 5.39 Å². The van der Waals surface area contributed by atoms with Crippen molar-refractivity contribution in [1.29, 1.82) is 0 Å². The summed E-state index contributed by atoms with van der Waals surface area (Å²) < 4.78 is 13.1. The zero-order chi connectivity index (χ0) is 11.0. The molecule has 78 valence electrons. The summed E-state index contributed by atoms with van der Waals surface area (Å²) in [4.78, 5) is 13.6. The summed E-state index contributed by atoms with van der Waals surface area (Å²) in [6.45, 7) is 1.45. The van der Waals surface area contributed by atoms with Gasteiger partial charge in [-0.1, -0.05) is 6.07 Å². The van der Waals surface area contributed by atoms with Crippen molar-refractivity contribution in [2.45, 2.75) is 13.1 Å². The van der Waals surface area contributed by atoms with Crippen molar-refractivity contribution in [2.75, 3.05) is 0 Å². The highest BCUT2D eigenvalue weighted by Gasteiger charge is 2.11. The van der Waals surface area contributed by atoms with E-state index in [1.165, 1.54) is 19.1 Å². The minimum Gasteiger partial charge on any atom is -0.478 e. The Balaban J connectivity index is 2.61. The summed E-state index contributed by atoms with van der Waals surface area (Å²) in [6, 6.07) is 4.61. The van der Waals surface area contributed by atoms with Crippen molar-refractivity contribution >= 4 is 16.9 Å². The maximum Gasteiger partial charge on any atom is 0.335 e. The SMILES string of the molecule is CC(F)c1c[nH]c2cc(C(=O)O)ccc12. The molecule has 0 amide bonds. The molecule has 1 aromatic heterocycles. The fraction of sp³-hybridized carbons (Fsp3) is 0.182. The van der Waals surface area contributed by atoms with Gasteiger partial charge in [-0.15, -0.1) is 0 Å². The van der Waals surface area contributed by atoms with Gasteiger partial charge in [-0.3, -0.25) is 0 Å². The molecule has 1 unspecified atom stereocenters. The van der Waals surface area contributed by atoms with E-state index in [2.05, 4.69) is 4.98 Å². The molecule has 0 saturated heterocycles. The molecule has 0 aliphatic carbocycles. The molecule has 0 saturated carbocycles. The Kier molecular flexibility index (Phi) is 2.19. The number of aromatic amines is 1. The number of halogens is 1. The van der Waals surface area contributed by atoms with Crippen LogP contribution in [0.2, 0.25) is 0 Å². The second-order valence-electron chi connectivity index (χ2n) is 3.43. The Morgan fingerprint density at radius 2 is 2.27 bits per heavy atom. The number of fused-ring (bicyclic) bond motifs is 1. The van der Waals surface area contributed by atoms with Gasteiger partial charge in [-0.05, 0) is 19.1 Å². The molecule has 2 N–H and O–H groups in total. The molecular weight excluding hydrogens is 197 g/mol. The van der Waals surface area contributed by atoms with Gasteiger partial charge in [0.1, 0.15) is 6.17 Å². The van der Waals surface area contributed by atoms with E-state index in [9.17, 15) is 9.18 Å². The Labute approximate surface area is 85.5 Å². The highest BCUT2D eigenvalue weighted by Crippen LogP contribution is 2.26. The number of hydrogen-bond acceptors (Lipinski definition) is 1. The van der Waals surface area contributed by atoms with Crippen LogP contribution >= 0.6 is 0 Å².